The monoisotopic (exact) mass is 489 g/mol. The molecule has 8 heteroatoms. The number of anilines is 2. The summed E-state index contributed by atoms with van der Waals surface area (Å²) in [5.74, 6) is 1.96. The Hall–Kier alpha value is -3.26. The van der Waals surface area contributed by atoms with Gasteiger partial charge in [0.25, 0.3) is 0 Å². The molecule has 7 nitrogen and oxygen atoms in total. The summed E-state index contributed by atoms with van der Waals surface area (Å²) in [7, 11) is 1.67. The van der Waals surface area contributed by atoms with Crippen LogP contribution in [-0.2, 0) is 4.79 Å². The normalized spacial score (nSPS) is 18.4. The third-order valence-electron chi connectivity index (χ3n) is 6.70. The quantitative estimate of drug-likeness (QED) is 0.514. The van der Waals surface area contributed by atoms with Crippen LogP contribution in [0.2, 0.25) is 0 Å². The molecule has 5 rings (SSSR count). The summed E-state index contributed by atoms with van der Waals surface area (Å²) in [6.45, 7) is 4.92. The molecule has 182 valence electrons. The summed E-state index contributed by atoms with van der Waals surface area (Å²) in [5.41, 5.74) is 1.23. The van der Waals surface area contributed by atoms with Gasteiger partial charge in [-0.05, 0) is 55.3 Å². The van der Waals surface area contributed by atoms with Gasteiger partial charge in [-0.25, -0.2) is 0 Å². The number of carbonyl (C=O) groups excluding carboxylic acids is 1. The Morgan fingerprint density at radius 2 is 1.74 bits per heavy atom. The predicted octanol–water partition coefficient (Wildman–Crippen LogP) is 4.20. The van der Waals surface area contributed by atoms with Gasteiger partial charge in [-0.1, -0.05) is 36.0 Å². The highest BCUT2D eigenvalue weighted by Crippen LogP contribution is 2.30. The third-order valence-corrected chi connectivity index (χ3v) is 7.61. The molecule has 3 heterocycles. The fourth-order valence-electron chi connectivity index (χ4n) is 4.79. The van der Waals surface area contributed by atoms with Crippen molar-refractivity contribution in [2.75, 3.05) is 56.2 Å². The van der Waals surface area contributed by atoms with E-state index in [2.05, 4.69) is 44.3 Å². The highest BCUT2D eigenvalue weighted by Gasteiger charge is 2.31. The van der Waals surface area contributed by atoms with Gasteiger partial charge in [0, 0.05) is 49.9 Å². The zero-order chi connectivity index (χ0) is 24.0. The molecule has 1 amide bonds. The number of ether oxygens (including phenoxy) is 1. The first kappa shape index (κ1) is 23.5. The number of benzene rings is 2. The van der Waals surface area contributed by atoms with Crippen LogP contribution in [0.25, 0.3) is 0 Å². The van der Waals surface area contributed by atoms with Gasteiger partial charge in [0.05, 0.1) is 13.0 Å². The van der Waals surface area contributed by atoms with E-state index in [0.29, 0.717) is 6.54 Å². The van der Waals surface area contributed by atoms with Gasteiger partial charge in [0.2, 0.25) is 5.91 Å². The second-order valence-electron chi connectivity index (χ2n) is 8.94. The Kier molecular flexibility index (Phi) is 7.37. The minimum absolute atomic E-state index is 0.0136. The fraction of sp³-hybridized carbons (Fsp3) is 0.370. The van der Waals surface area contributed by atoms with Crippen LogP contribution in [0, 0.1) is 5.92 Å². The molecule has 1 atom stereocenters. The molecule has 2 fully saturated rings. The lowest BCUT2D eigenvalue weighted by Gasteiger charge is -2.40. The fourth-order valence-corrected chi connectivity index (χ4v) is 5.57. The Morgan fingerprint density at radius 3 is 2.49 bits per heavy atom. The molecular formula is C27H31N5O2S. The third kappa shape index (κ3) is 5.70. The van der Waals surface area contributed by atoms with Crippen LogP contribution >= 0.6 is 11.8 Å². The number of para-hydroxylation sites is 1. The minimum atomic E-state index is 0.0136. The summed E-state index contributed by atoms with van der Waals surface area (Å²) in [6.07, 6.45) is 1.92. The smallest absolute Gasteiger partial charge is 0.227 e. The summed E-state index contributed by atoms with van der Waals surface area (Å²) in [6, 6.07) is 22.4. The van der Waals surface area contributed by atoms with Crippen molar-refractivity contribution in [3.63, 3.8) is 0 Å². The standard InChI is InChI=1S/C27H31N5O2S/c1-34-23-10-5-11-24(19-23)35-26-13-12-25(28-29-26)32-14-6-7-21(20-32)27(33)31-17-15-30(16-18-31)22-8-3-2-4-9-22/h2-5,8-13,19,21H,6-7,14-18,20H2,1H3/t21-/m1/s1. The molecule has 2 aromatic carbocycles. The summed E-state index contributed by atoms with van der Waals surface area (Å²) >= 11 is 1.56. The molecule has 1 aromatic heterocycles. The maximum Gasteiger partial charge on any atom is 0.227 e. The molecule has 2 aliphatic heterocycles. The van der Waals surface area contributed by atoms with E-state index in [0.717, 1.165) is 67.1 Å². The van der Waals surface area contributed by atoms with E-state index in [4.69, 9.17) is 4.74 Å². The van der Waals surface area contributed by atoms with Crippen molar-refractivity contribution in [1.82, 2.24) is 15.1 Å². The summed E-state index contributed by atoms with van der Waals surface area (Å²) < 4.78 is 5.30. The Morgan fingerprint density at radius 1 is 0.914 bits per heavy atom. The number of methoxy groups -OCH3 is 1. The molecule has 0 spiro atoms. The lowest BCUT2D eigenvalue weighted by atomic mass is 9.96. The zero-order valence-corrected chi connectivity index (χ0v) is 20.9. The van der Waals surface area contributed by atoms with E-state index >= 15 is 0 Å². The molecule has 0 radical (unpaired) electrons. The molecule has 35 heavy (non-hydrogen) atoms. The maximum atomic E-state index is 13.3. The van der Waals surface area contributed by atoms with Crippen molar-refractivity contribution < 1.29 is 9.53 Å². The topological polar surface area (TPSA) is 61.8 Å². The van der Waals surface area contributed by atoms with E-state index < -0.39 is 0 Å². The molecule has 0 bridgehead atoms. The first-order chi connectivity index (χ1) is 17.2. The minimum Gasteiger partial charge on any atom is -0.497 e. The van der Waals surface area contributed by atoms with Crippen molar-refractivity contribution in [2.24, 2.45) is 5.92 Å². The van der Waals surface area contributed by atoms with Crippen LogP contribution in [0.15, 0.2) is 76.7 Å². The largest absolute Gasteiger partial charge is 0.497 e. The van der Waals surface area contributed by atoms with Crippen molar-refractivity contribution >= 4 is 29.2 Å². The highest BCUT2D eigenvalue weighted by atomic mass is 32.2. The van der Waals surface area contributed by atoms with E-state index in [1.54, 1.807) is 18.9 Å². The lowest BCUT2D eigenvalue weighted by molar-refractivity contribution is -0.136. The van der Waals surface area contributed by atoms with Crippen molar-refractivity contribution in [3.8, 4) is 5.75 Å². The first-order valence-corrected chi connectivity index (χ1v) is 13.0. The maximum absolute atomic E-state index is 13.3. The van der Waals surface area contributed by atoms with Crippen molar-refractivity contribution in [3.05, 3.63) is 66.7 Å². The summed E-state index contributed by atoms with van der Waals surface area (Å²) in [5, 5.41) is 9.75. The van der Waals surface area contributed by atoms with Gasteiger partial charge < -0.3 is 19.4 Å². The molecule has 2 saturated heterocycles. The number of piperazine rings is 1. The number of amides is 1. The molecule has 0 N–H and O–H groups in total. The number of aromatic nitrogens is 2. The molecule has 2 aliphatic rings. The second-order valence-corrected chi connectivity index (χ2v) is 10.0. The number of nitrogens with zero attached hydrogens (tertiary/aromatic N) is 5. The van der Waals surface area contributed by atoms with Gasteiger partial charge in [-0.3, -0.25) is 4.79 Å². The summed E-state index contributed by atoms with van der Waals surface area (Å²) in [4.78, 5) is 21.0. The van der Waals surface area contributed by atoms with Crippen molar-refractivity contribution in [2.45, 2.75) is 22.8 Å². The average molecular weight is 490 g/mol. The Balaban J connectivity index is 1.16. The van der Waals surface area contributed by atoms with Crippen molar-refractivity contribution in [1.29, 1.82) is 0 Å². The lowest BCUT2D eigenvalue weighted by Crippen LogP contribution is -2.52. The van der Waals surface area contributed by atoms with Crippen LogP contribution in [-0.4, -0.2) is 67.4 Å². The van der Waals surface area contributed by atoms with Crippen LogP contribution in [0.1, 0.15) is 12.8 Å². The zero-order valence-electron chi connectivity index (χ0n) is 20.0. The number of hydrogen-bond donors (Lipinski definition) is 0. The number of piperidine rings is 1. The number of hydrogen-bond acceptors (Lipinski definition) is 7. The van der Waals surface area contributed by atoms with E-state index in [-0.39, 0.29) is 11.8 Å². The van der Waals surface area contributed by atoms with Gasteiger partial charge in [0.15, 0.2) is 5.82 Å². The highest BCUT2D eigenvalue weighted by molar-refractivity contribution is 7.99. The Bertz CT molecular complexity index is 1120. The van der Waals surface area contributed by atoms with Crippen LogP contribution < -0.4 is 14.5 Å². The van der Waals surface area contributed by atoms with Crippen LogP contribution in [0.4, 0.5) is 11.5 Å². The first-order valence-electron chi connectivity index (χ1n) is 12.2. The van der Waals surface area contributed by atoms with E-state index in [9.17, 15) is 4.79 Å². The van der Waals surface area contributed by atoms with Crippen LogP contribution in [0.3, 0.4) is 0 Å². The molecule has 0 unspecified atom stereocenters. The van der Waals surface area contributed by atoms with Gasteiger partial charge in [0.1, 0.15) is 10.8 Å². The Labute approximate surface area is 211 Å². The molecule has 0 aliphatic carbocycles. The van der Waals surface area contributed by atoms with Gasteiger partial charge in [-0.2, -0.15) is 0 Å². The van der Waals surface area contributed by atoms with Gasteiger partial charge >= 0.3 is 0 Å². The van der Waals surface area contributed by atoms with Gasteiger partial charge in [-0.15, -0.1) is 10.2 Å². The van der Waals surface area contributed by atoms with E-state index in [1.807, 2.05) is 47.4 Å². The molecular weight excluding hydrogens is 458 g/mol. The molecule has 0 saturated carbocycles. The van der Waals surface area contributed by atoms with E-state index in [1.165, 1.54) is 5.69 Å². The SMILES string of the molecule is COc1cccc(Sc2ccc(N3CCC[C@@H](C(=O)N4CCN(c5ccccc5)CC4)C3)nn2)c1. The average Bonchev–Trinajstić information content (AvgIpc) is 2.94. The predicted molar refractivity (Wildman–Crippen MR) is 139 cm³/mol. The molecule has 3 aromatic rings. The second kappa shape index (κ2) is 11.0. The van der Waals surface area contributed by atoms with Crippen LogP contribution in [0.5, 0.6) is 5.75 Å². The number of rotatable bonds is 6. The number of carbonyl (C=O) groups is 1.